The van der Waals surface area contributed by atoms with Gasteiger partial charge in [-0.15, -0.1) is 0 Å². The zero-order valence-corrected chi connectivity index (χ0v) is 20.1. The molecule has 2 aromatic carbocycles. The molecule has 1 aromatic heterocycles. The van der Waals surface area contributed by atoms with Crippen LogP contribution < -0.4 is 15.0 Å². The summed E-state index contributed by atoms with van der Waals surface area (Å²) in [5.41, 5.74) is 1.26. The van der Waals surface area contributed by atoms with Gasteiger partial charge in [0.05, 0.1) is 29.8 Å². The molecule has 0 N–H and O–H groups in total. The first-order chi connectivity index (χ1) is 14.8. The van der Waals surface area contributed by atoms with Crippen LogP contribution in [0.5, 0.6) is 11.5 Å². The highest BCUT2D eigenvalue weighted by atomic mass is 79.9. The Hall–Kier alpha value is -2.67. The molecule has 0 aliphatic carbocycles. The largest absolute Gasteiger partial charge is 0.490 e. The second kappa shape index (κ2) is 10.1. The highest BCUT2D eigenvalue weighted by Crippen LogP contribution is 2.29. The van der Waals surface area contributed by atoms with E-state index in [1.807, 2.05) is 58.0 Å². The van der Waals surface area contributed by atoms with E-state index in [1.54, 1.807) is 12.3 Å². The predicted octanol–water partition coefficient (Wildman–Crippen LogP) is 5.74. The van der Waals surface area contributed by atoms with E-state index < -0.39 is 0 Å². The lowest BCUT2D eigenvalue weighted by molar-refractivity contribution is 0.203. The zero-order valence-electron chi connectivity index (χ0n) is 18.6. The topological polar surface area (TPSA) is 65.7 Å². The van der Waals surface area contributed by atoms with Crippen LogP contribution in [0.1, 0.15) is 58.3 Å². The fourth-order valence-corrected chi connectivity index (χ4v) is 3.41. The van der Waals surface area contributed by atoms with Crippen molar-refractivity contribution >= 4 is 33.0 Å². The van der Waals surface area contributed by atoms with Crippen molar-refractivity contribution in [3.8, 4) is 11.5 Å². The average Bonchev–Trinajstić information content (AvgIpc) is 2.74. The fraction of sp³-hybridized carbons (Fsp3) is 0.375. The quantitative estimate of drug-likeness (QED) is 0.381. The second-order valence-corrected chi connectivity index (χ2v) is 8.54. The van der Waals surface area contributed by atoms with Crippen molar-refractivity contribution in [3.63, 3.8) is 0 Å². The van der Waals surface area contributed by atoms with Crippen molar-refractivity contribution in [1.29, 1.82) is 0 Å². The molecule has 1 heterocycles. The summed E-state index contributed by atoms with van der Waals surface area (Å²) >= 11 is 3.43. The molecule has 7 heteroatoms. The first-order valence-electron chi connectivity index (χ1n) is 10.5. The van der Waals surface area contributed by atoms with Crippen LogP contribution >= 0.6 is 15.9 Å². The molecule has 0 bridgehead atoms. The summed E-state index contributed by atoms with van der Waals surface area (Å²) < 4.78 is 13.9. The van der Waals surface area contributed by atoms with Crippen LogP contribution in [0.4, 0.5) is 0 Å². The Balaban J connectivity index is 2.04. The van der Waals surface area contributed by atoms with Gasteiger partial charge in [-0.1, -0.05) is 36.7 Å². The van der Waals surface area contributed by atoms with E-state index >= 15 is 0 Å². The smallest absolute Gasteiger partial charge is 0.282 e. The molecule has 1 atom stereocenters. The summed E-state index contributed by atoms with van der Waals surface area (Å²) in [4.78, 5) is 17.8. The normalized spacial score (nSPS) is 12.6. The molecule has 164 valence electrons. The molecule has 0 saturated heterocycles. The van der Waals surface area contributed by atoms with Crippen LogP contribution in [0.2, 0.25) is 0 Å². The minimum atomic E-state index is -0.201. The summed E-state index contributed by atoms with van der Waals surface area (Å²) in [6.07, 6.45) is 2.64. The van der Waals surface area contributed by atoms with Gasteiger partial charge in [0.1, 0.15) is 5.82 Å². The van der Waals surface area contributed by atoms with Crippen molar-refractivity contribution < 1.29 is 9.47 Å². The SMILES string of the molecule is CCOc1cc(C=Nn2c(C(C)C)nc3ccc(Br)cc3c2=O)ccc1O[C@H](C)CC. The third-order valence-corrected chi connectivity index (χ3v) is 5.34. The molecule has 3 aromatic rings. The average molecular weight is 486 g/mol. The van der Waals surface area contributed by atoms with E-state index in [0.29, 0.717) is 34.8 Å². The monoisotopic (exact) mass is 485 g/mol. The minimum absolute atomic E-state index is 0.0307. The molecule has 0 radical (unpaired) electrons. The number of rotatable bonds is 8. The van der Waals surface area contributed by atoms with Gasteiger partial charge in [0.2, 0.25) is 0 Å². The van der Waals surface area contributed by atoms with Gasteiger partial charge in [-0.2, -0.15) is 9.78 Å². The van der Waals surface area contributed by atoms with Gasteiger partial charge in [-0.05, 0) is 62.2 Å². The van der Waals surface area contributed by atoms with Crippen LogP contribution in [0, 0.1) is 0 Å². The third-order valence-electron chi connectivity index (χ3n) is 4.84. The number of fused-ring (bicyclic) bond motifs is 1. The van der Waals surface area contributed by atoms with E-state index in [0.717, 1.165) is 16.5 Å². The van der Waals surface area contributed by atoms with Crippen LogP contribution in [0.3, 0.4) is 0 Å². The molecule has 6 nitrogen and oxygen atoms in total. The van der Waals surface area contributed by atoms with Gasteiger partial charge in [-0.25, -0.2) is 4.98 Å². The lowest BCUT2D eigenvalue weighted by atomic mass is 10.2. The van der Waals surface area contributed by atoms with E-state index in [9.17, 15) is 4.79 Å². The highest BCUT2D eigenvalue weighted by Gasteiger charge is 2.14. The number of nitrogens with zero attached hydrogens (tertiary/aromatic N) is 3. The molecule has 31 heavy (non-hydrogen) atoms. The van der Waals surface area contributed by atoms with Gasteiger partial charge in [0, 0.05) is 10.4 Å². The molecule has 3 rings (SSSR count). The summed E-state index contributed by atoms with van der Waals surface area (Å²) in [5.74, 6) is 2.00. The molecule has 0 amide bonds. The molecule has 0 aliphatic heterocycles. The van der Waals surface area contributed by atoms with Crippen molar-refractivity contribution in [1.82, 2.24) is 9.66 Å². The molecule has 0 saturated carbocycles. The number of aromatic nitrogens is 2. The zero-order chi connectivity index (χ0) is 22.5. The lowest BCUT2D eigenvalue weighted by Crippen LogP contribution is -2.23. The Morgan fingerprint density at radius 1 is 1.13 bits per heavy atom. The summed E-state index contributed by atoms with van der Waals surface area (Å²) in [6.45, 7) is 10.5. The maximum atomic E-state index is 13.1. The van der Waals surface area contributed by atoms with Gasteiger partial charge in [0.15, 0.2) is 11.5 Å². The first kappa shape index (κ1) is 23.0. The highest BCUT2D eigenvalue weighted by molar-refractivity contribution is 9.10. The van der Waals surface area contributed by atoms with Gasteiger partial charge >= 0.3 is 0 Å². The Morgan fingerprint density at radius 2 is 1.90 bits per heavy atom. The summed E-state index contributed by atoms with van der Waals surface area (Å²) in [7, 11) is 0. The predicted molar refractivity (Wildman–Crippen MR) is 129 cm³/mol. The molecule has 0 fully saturated rings. The first-order valence-corrected chi connectivity index (χ1v) is 11.3. The van der Waals surface area contributed by atoms with E-state index in [2.05, 4.69) is 32.9 Å². The van der Waals surface area contributed by atoms with Gasteiger partial charge in [-0.3, -0.25) is 4.79 Å². The maximum Gasteiger partial charge on any atom is 0.282 e. The molecule has 0 spiro atoms. The van der Waals surface area contributed by atoms with Crippen LogP contribution in [0.15, 0.2) is 50.8 Å². The van der Waals surface area contributed by atoms with E-state index in [1.165, 1.54) is 4.68 Å². The van der Waals surface area contributed by atoms with E-state index in [4.69, 9.17) is 9.47 Å². The second-order valence-electron chi connectivity index (χ2n) is 7.62. The van der Waals surface area contributed by atoms with Crippen LogP contribution in [-0.2, 0) is 0 Å². The number of hydrogen-bond donors (Lipinski definition) is 0. The van der Waals surface area contributed by atoms with Crippen molar-refractivity contribution in [2.24, 2.45) is 5.10 Å². The van der Waals surface area contributed by atoms with Gasteiger partial charge < -0.3 is 9.47 Å². The third kappa shape index (κ3) is 5.34. The van der Waals surface area contributed by atoms with Crippen molar-refractivity contribution in [2.45, 2.75) is 53.1 Å². The van der Waals surface area contributed by atoms with Crippen molar-refractivity contribution in [3.05, 3.63) is 62.6 Å². The molecule has 0 aliphatic rings. The summed E-state index contributed by atoms with van der Waals surface area (Å²) in [6, 6.07) is 11.1. The molecular weight excluding hydrogens is 458 g/mol. The Bertz CT molecular complexity index is 1150. The fourth-order valence-electron chi connectivity index (χ4n) is 3.05. The lowest BCUT2D eigenvalue weighted by Gasteiger charge is -2.16. The van der Waals surface area contributed by atoms with Crippen molar-refractivity contribution in [2.75, 3.05) is 6.61 Å². The number of hydrogen-bond acceptors (Lipinski definition) is 5. The number of benzene rings is 2. The molecule has 0 unspecified atom stereocenters. The number of halogens is 1. The van der Waals surface area contributed by atoms with Crippen LogP contribution in [-0.4, -0.2) is 28.6 Å². The Morgan fingerprint density at radius 3 is 2.58 bits per heavy atom. The van der Waals surface area contributed by atoms with Gasteiger partial charge in [0.25, 0.3) is 5.56 Å². The standard InChI is InChI=1S/C24H28BrN3O3/c1-6-16(5)31-21-11-8-17(12-22(21)30-7-2)14-26-28-23(15(3)4)27-20-10-9-18(25)13-19(20)24(28)29/h8-16H,6-7H2,1-5H3/t16-/m1/s1. The Labute approximate surface area is 191 Å². The number of ether oxygens (including phenoxy) is 2. The molecular formula is C24H28BrN3O3. The minimum Gasteiger partial charge on any atom is -0.490 e. The van der Waals surface area contributed by atoms with Crippen LogP contribution in [0.25, 0.3) is 10.9 Å². The maximum absolute atomic E-state index is 13.1. The Kier molecular flexibility index (Phi) is 7.49. The summed E-state index contributed by atoms with van der Waals surface area (Å²) in [5, 5.41) is 5.01. The van der Waals surface area contributed by atoms with E-state index in [-0.39, 0.29) is 17.6 Å².